The van der Waals surface area contributed by atoms with Gasteiger partial charge in [-0.15, -0.1) is 5.10 Å². The number of tetrazole rings is 1. The summed E-state index contributed by atoms with van der Waals surface area (Å²) in [4.78, 5) is 10.8. The van der Waals surface area contributed by atoms with E-state index in [2.05, 4.69) is 15.5 Å². The van der Waals surface area contributed by atoms with Gasteiger partial charge in [-0.2, -0.15) is 0 Å². The molecule has 0 fully saturated rings. The number of carboxylic acids is 1. The second kappa shape index (κ2) is 5.72. The Morgan fingerprint density at radius 1 is 1.45 bits per heavy atom. The molecule has 8 heteroatoms. The normalized spacial score (nSPS) is 12.3. The maximum Gasteiger partial charge on any atom is 0.308 e. The van der Waals surface area contributed by atoms with Gasteiger partial charge >= 0.3 is 5.97 Å². The molecule has 6 nitrogen and oxygen atoms in total. The van der Waals surface area contributed by atoms with E-state index in [4.69, 9.17) is 5.11 Å². The number of aliphatic carboxylic acids is 1. The summed E-state index contributed by atoms with van der Waals surface area (Å²) in [6.45, 7) is 1.60. The number of carbonyl (C=O) groups is 1. The van der Waals surface area contributed by atoms with Gasteiger partial charge in [0.15, 0.2) is 5.82 Å². The second-order valence-corrected chi connectivity index (χ2v) is 4.43. The van der Waals surface area contributed by atoms with Gasteiger partial charge in [-0.3, -0.25) is 4.79 Å². The zero-order valence-corrected chi connectivity index (χ0v) is 10.6. The third kappa shape index (κ3) is 3.14. The third-order valence-electron chi connectivity index (χ3n) is 2.84. The molecule has 2 rings (SSSR count). The van der Waals surface area contributed by atoms with Crippen molar-refractivity contribution in [2.75, 3.05) is 0 Å². The Bertz CT molecular complexity index is 630. The lowest BCUT2D eigenvalue weighted by atomic mass is 10.1. The van der Waals surface area contributed by atoms with Crippen LogP contribution in [0.5, 0.6) is 0 Å². The molecular weight excluding hydrogens is 270 g/mol. The van der Waals surface area contributed by atoms with Crippen molar-refractivity contribution >= 4 is 5.97 Å². The Labute approximate surface area is 113 Å². The molecule has 1 unspecified atom stereocenters. The largest absolute Gasteiger partial charge is 0.481 e. The molecular formula is C12H12F2N4O2. The van der Waals surface area contributed by atoms with Crippen molar-refractivity contribution in [1.29, 1.82) is 0 Å². The molecule has 2 aromatic rings. The van der Waals surface area contributed by atoms with Crippen LogP contribution in [-0.2, 0) is 17.8 Å². The first-order valence-electron chi connectivity index (χ1n) is 5.89. The molecule has 0 aliphatic heterocycles. The van der Waals surface area contributed by atoms with Crippen LogP contribution in [0.3, 0.4) is 0 Å². The molecule has 0 aliphatic carbocycles. The quantitative estimate of drug-likeness (QED) is 0.893. The summed E-state index contributed by atoms with van der Waals surface area (Å²) in [5.74, 6) is -2.67. The predicted molar refractivity (Wildman–Crippen MR) is 63.8 cm³/mol. The van der Waals surface area contributed by atoms with E-state index in [1.54, 1.807) is 0 Å². The highest BCUT2D eigenvalue weighted by Gasteiger charge is 2.16. The molecule has 0 saturated carbocycles. The monoisotopic (exact) mass is 282 g/mol. The van der Waals surface area contributed by atoms with Crippen LogP contribution in [0.1, 0.15) is 18.3 Å². The van der Waals surface area contributed by atoms with Gasteiger partial charge in [0, 0.05) is 12.5 Å². The molecule has 0 aliphatic rings. The highest BCUT2D eigenvalue weighted by atomic mass is 19.1. The summed E-state index contributed by atoms with van der Waals surface area (Å²) < 4.78 is 27.7. The van der Waals surface area contributed by atoms with Crippen LogP contribution < -0.4 is 0 Å². The Kier molecular flexibility index (Phi) is 4.02. The third-order valence-corrected chi connectivity index (χ3v) is 2.84. The van der Waals surface area contributed by atoms with Gasteiger partial charge in [-0.25, -0.2) is 13.5 Å². The average molecular weight is 282 g/mol. The standard InChI is InChI=1S/C12H12F2N4O2/c1-7(12(19)20)6-18-11(15-16-17-18)4-8-2-3-9(13)5-10(8)14/h2-3,5,7H,4,6H2,1H3,(H,19,20). The molecule has 20 heavy (non-hydrogen) atoms. The lowest BCUT2D eigenvalue weighted by Crippen LogP contribution is -2.19. The minimum absolute atomic E-state index is 0.0610. The summed E-state index contributed by atoms with van der Waals surface area (Å²) in [6, 6.07) is 3.24. The van der Waals surface area contributed by atoms with Crippen LogP contribution in [0.25, 0.3) is 0 Å². The van der Waals surface area contributed by atoms with Crippen LogP contribution in [0.2, 0.25) is 0 Å². The van der Waals surface area contributed by atoms with Crippen LogP contribution >= 0.6 is 0 Å². The summed E-state index contributed by atoms with van der Waals surface area (Å²) in [5, 5.41) is 19.7. The van der Waals surface area contributed by atoms with Crippen molar-refractivity contribution < 1.29 is 18.7 Å². The van der Waals surface area contributed by atoms with E-state index in [0.29, 0.717) is 5.82 Å². The summed E-state index contributed by atoms with van der Waals surface area (Å²) in [7, 11) is 0. The van der Waals surface area contributed by atoms with Crippen LogP contribution in [0.15, 0.2) is 18.2 Å². The van der Waals surface area contributed by atoms with Gasteiger partial charge in [0.05, 0.1) is 12.5 Å². The van der Waals surface area contributed by atoms with E-state index in [-0.39, 0.29) is 18.5 Å². The lowest BCUT2D eigenvalue weighted by Gasteiger charge is -2.08. The van der Waals surface area contributed by atoms with E-state index >= 15 is 0 Å². The van der Waals surface area contributed by atoms with Crippen molar-refractivity contribution in [3.8, 4) is 0 Å². The predicted octanol–water partition coefficient (Wildman–Crippen LogP) is 1.26. The molecule has 106 valence electrons. The van der Waals surface area contributed by atoms with Crippen LogP contribution in [-0.4, -0.2) is 31.3 Å². The molecule has 0 bridgehead atoms. The number of aromatic nitrogens is 4. The van der Waals surface area contributed by atoms with Gasteiger partial charge in [0.25, 0.3) is 0 Å². The Hall–Kier alpha value is -2.38. The number of halogens is 2. The molecule has 1 heterocycles. The molecule has 0 spiro atoms. The molecule has 0 amide bonds. The molecule has 1 aromatic carbocycles. The summed E-state index contributed by atoms with van der Waals surface area (Å²) in [6.07, 6.45) is 0.0610. The van der Waals surface area contributed by atoms with Gasteiger partial charge < -0.3 is 5.11 Å². The Balaban J connectivity index is 2.18. The van der Waals surface area contributed by atoms with Crippen molar-refractivity contribution in [3.63, 3.8) is 0 Å². The van der Waals surface area contributed by atoms with E-state index in [0.717, 1.165) is 12.1 Å². The van der Waals surface area contributed by atoms with Crippen molar-refractivity contribution in [3.05, 3.63) is 41.2 Å². The number of hydrogen-bond acceptors (Lipinski definition) is 4. The number of carboxylic acid groups (broad SMARTS) is 1. The summed E-state index contributed by atoms with van der Waals surface area (Å²) in [5.41, 5.74) is 0.241. The first-order valence-corrected chi connectivity index (χ1v) is 5.89. The Morgan fingerprint density at radius 3 is 2.85 bits per heavy atom. The van der Waals surface area contributed by atoms with Crippen molar-refractivity contribution in [1.82, 2.24) is 20.2 Å². The first-order chi connectivity index (χ1) is 9.47. The lowest BCUT2D eigenvalue weighted by molar-refractivity contribution is -0.141. The SMILES string of the molecule is CC(Cn1nnnc1Cc1ccc(F)cc1F)C(=O)O. The topological polar surface area (TPSA) is 80.9 Å². The van der Waals surface area contributed by atoms with Crippen molar-refractivity contribution in [2.45, 2.75) is 19.9 Å². The highest BCUT2D eigenvalue weighted by molar-refractivity contribution is 5.69. The van der Waals surface area contributed by atoms with Gasteiger partial charge in [0.1, 0.15) is 11.6 Å². The van der Waals surface area contributed by atoms with Crippen molar-refractivity contribution in [2.24, 2.45) is 5.92 Å². The number of rotatable bonds is 5. The summed E-state index contributed by atoms with van der Waals surface area (Å²) >= 11 is 0. The Morgan fingerprint density at radius 2 is 2.20 bits per heavy atom. The molecule has 1 aromatic heterocycles. The molecule has 1 N–H and O–H groups in total. The van der Waals surface area contributed by atoms with E-state index in [9.17, 15) is 13.6 Å². The second-order valence-electron chi connectivity index (χ2n) is 4.43. The van der Waals surface area contributed by atoms with E-state index in [1.165, 1.54) is 17.7 Å². The minimum atomic E-state index is -0.973. The van der Waals surface area contributed by atoms with Gasteiger partial charge in [-0.1, -0.05) is 13.0 Å². The molecule has 0 saturated heterocycles. The average Bonchev–Trinajstić information content (AvgIpc) is 2.80. The smallest absolute Gasteiger partial charge is 0.308 e. The van der Waals surface area contributed by atoms with Gasteiger partial charge in [0.2, 0.25) is 0 Å². The number of nitrogens with zero attached hydrogens (tertiary/aromatic N) is 4. The fourth-order valence-corrected chi connectivity index (χ4v) is 1.66. The van der Waals surface area contributed by atoms with Gasteiger partial charge in [-0.05, 0) is 22.1 Å². The fourth-order valence-electron chi connectivity index (χ4n) is 1.66. The minimum Gasteiger partial charge on any atom is -0.481 e. The maximum absolute atomic E-state index is 13.6. The zero-order chi connectivity index (χ0) is 14.7. The highest BCUT2D eigenvalue weighted by Crippen LogP contribution is 2.13. The first kappa shape index (κ1) is 14.0. The fraction of sp³-hybridized carbons (Fsp3) is 0.333. The number of benzene rings is 1. The van der Waals surface area contributed by atoms with E-state index in [1.807, 2.05) is 0 Å². The zero-order valence-electron chi connectivity index (χ0n) is 10.6. The van der Waals surface area contributed by atoms with Crippen LogP contribution in [0, 0.1) is 17.6 Å². The number of hydrogen-bond donors (Lipinski definition) is 1. The maximum atomic E-state index is 13.6. The van der Waals surface area contributed by atoms with Crippen LogP contribution in [0.4, 0.5) is 8.78 Å². The molecule has 1 atom stereocenters. The molecule has 0 radical (unpaired) electrons. The van der Waals surface area contributed by atoms with E-state index < -0.39 is 23.5 Å².